The molecule has 0 spiro atoms. The zero-order chi connectivity index (χ0) is 11.5. The average molecular weight is 237 g/mol. The van der Waals surface area contributed by atoms with Crippen LogP contribution in [-0.2, 0) is 0 Å². The monoisotopic (exact) mass is 237 g/mol. The second-order valence-corrected chi connectivity index (χ2v) is 4.23. The molecule has 1 aromatic carbocycles. The highest BCUT2D eigenvalue weighted by Gasteiger charge is 2.12. The van der Waals surface area contributed by atoms with Crippen LogP contribution in [0.1, 0.15) is 6.92 Å². The van der Waals surface area contributed by atoms with Gasteiger partial charge in [-0.3, -0.25) is 5.21 Å². The average Bonchev–Trinajstić information content (AvgIpc) is 2.69. The maximum atomic E-state index is 11.3. The molecule has 1 aromatic heterocycles. The van der Waals surface area contributed by atoms with E-state index in [1.807, 2.05) is 24.3 Å². The number of amides is 1. The summed E-state index contributed by atoms with van der Waals surface area (Å²) in [6, 6.07) is 9.52. The summed E-state index contributed by atoms with van der Waals surface area (Å²) in [7, 11) is 0. The Morgan fingerprint density at radius 1 is 1.50 bits per heavy atom. The van der Waals surface area contributed by atoms with E-state index in [0.29, 0.717) is 10.1 Å². The van der Waals surface area contributed by atoms with E-state index in [1.165, 1.54) is 11.3 Å². The molecule has 1 N–H and O–H groups in total. The minimum atomic E-state index is -0.756. The Labute approximate surface area is 96.6 Å². The van der Waals surface area contributed by atoms with Crippen molar-refractivity contribution in [3.05, 3.63) is 30.3 Å². The van der Waals surface area contributed by atoms with E-state index in [-0.39, 0.29) is 6.54 Å². The van der Waals surface area contributed by atoms with Crippen LogP contribution in [0.2, 0.25) is 0 Å². The molecule has 0 aliphatic rings. The highest BCUT2D eigenvalue weighted by Crippen LogP contribution is 2.31. The lowest BCUT2D eigenvalue weighted by Crippen LogP contribution is -2.29. The lowest BCUT2D eigenvalue weighted by Gasteiger charge is -2.10. The van der Waals surface area contributed by atoms with Gasteiger partial charge >= 0.3 is 6.09 Å². The molecular formula is C11H11NO3S. The Balaban J connectivity index is 2.18. The summed E-state index contributed by atoms with van der Waals surface area (Å²) in [5.74, 6) is 0. The van der Waals surface area contributed by atoms with Crippen molar-refractivity contribution in [2.24, 2.45) is 0 Å². The highest BCUT2D eigenvalue weighted by atomic mass is 32.1. The number of hydroxylamine groups is 2. The minimum absolute atomic E-state index is 0.198. The number of hydrogen-bond acceptors (Lipinski definition) is 4. The number of carbonyl (C=O) groups is 1. The molecule has 0 saturated heterocycles. The molecule has 1 heterocycles. The van der Waals surface area contributed by atoms with E-state index in [2.05, 4.69) is 0 Å². The van der Waals surface area contributed by atoms with Gasteiger partial charge in [0.15, 0.2) is 5.06 Å². The van der Waals surface area contributed by atoms with Crippen LogP contribution < -0.4 is 4.74 Å². The fourth-order valence-corrected chi connectivity index (χ4v) is 2.18. The zero-order valence-corrected chi connectivity index (χ0v) is 9.53. The first kappa shape index (κ1) is 10.9. The van der Waals surface area contributed by atoms with Gasteiger partial charge in [-0.05, 0) is 18.4 Å². The summed E-state index contributed by atoms with van der Waals surface area (Å²) in [5.41, 5.74) is 0. The maximum Gasteiger partial charge on any atom is 0.439 e. The van der Waals surface area contributed by atoms with Crippen LogP contribution in [0.4, 0.5) is 4.79 Å². The van der Waals surface area contributed by atoms with E-state index in [9.17, 15) is 4.79 Å². The summed E-state index contributed by atoms with van der Waals surface area (Å²) >= 11 is 1.37. The number of rotatable bonds is 2. The van der Waals surface area contributed by atoms with Crippen LogP contribution in [0.3, 0.4) is 0 Å². The smallest absolute Gasteiger partial charge is 0.398 e. The molecule has 0 aliphatic heterocycles. The highest BCUT2D eigenvalue weighted by molar-refractivity contribution is 7.20. The summed E-state index contributed by atoms with van der Waals surface area (Å²) in [6.07, 6.45) is -0.756. The Morgan fingerprint density at radius 3 is 2.94 bits per heavy atom. The van der Waals surface area contributed by atoms with Crippen LogP contribution >= 0.6 is 11.3 Å². The van der Waals surface area contributed by atoms with E-state index >= 15 is 0 Å². The first-order chi connectivity index (χ1) is 7.70. The molecule has 0 radical (unpaired) electrons. The van der Waals surface area contributed by atoms with Gasteiger partial charge in [-0.1, -0.05) is 29.5 Å². The Kier molecular flexibility index (Phi) is 3.07. The van der Waals surface area contributed by atoms with Gasteiger partial charge in [0.2, 0.25) is 0 Å². The third-order valence-electron chi connectivity index (χ3n) is 2.10. The first-order valence-corrected chi connectivity index (χ1v) is 5.69. The third-order valence-corrected chi connectivity index (χ3v) is 3.10. The molecular weight excluding hydrogens is 226 g/mol. The summed E-state index contributed by atoms with van der Waals surface area (Å²) in [6.45, 7) is 1.86. The van der Waals surface area contributed by atoms with E-state index in [0.717, 1.165) is 10.1 Å². The predicted octanol–water partition coefficient (Wildman–Crippen LogP) is 3.11. The van der Waals surface area contributed by atoms with Crippen LogP contribution in [-0.4, -0.2) is 22.9 Å². The summed E-state index contributed by atoms with van der Waals surface area (Å²) < 4.78 is 6.06. The lowest BCUT2D eigenvalue weighted by molar-refractivity contribution is -0.0555. The molecule has 1 amide bonds. The number of ether oxygens (including phenoxy) is 1. The van der Waals surface area contributed by atoms with E-state index < -0.39 is 6.09 Å². The molecule has 2 rings (SSSR count). The second kappa shape index (κ2) is 4.51. The predicted molar refractivity (Wildman–Crippen MR) is 62.0 cm³/mol. The van der Waals surface area contributed by atoms with Crippen LogP contribution in [0.15, 0.2) is 30.3 Å². The molecule has 0 aliphatic carbocycles. The summed E-state index contributed by atoms with van der Waals surface area (Å²) in [4.78, 5) is 11.3. The molecule has 0 atom stereocenters. The fraction of sp³-hybridized carbons (Fsp3) is 0.182. The Bertz CT molecular complexity index is 476. The van der Waals surface area contributed by atoms with Crippen LogP contribution in [0.25, 0.3) is 10.1 Å². The van der Waals surface area contributed by atoms with Gasteiger partial charge in [0.05, 0.1) is 0 Å². The molecule has 0 bridgehead atoms. The molecule has 0 fully saturated rings. The number of carbonyl (C=O) groups excluding carboxylic acids is 1. The van der Waals surface area contributed by atoms with Gasteiger partial charge in [0, 0.05) is 17.3 Å². The third kappa shape index (κ3) is 2.15. The van der Waals surface area contributed by atoms with Gasteiger partial charge in [-0.15, -0.1) is 0 Å². The van der Waals surface area contributed by atoms with Gasteiger partial charge in [0.25, 0.3) is 0 Å². The van der Waals surface area contributed by atoms with Crippen molar-refractivity contribution in [3.63, 3.8) is 0 Å². The van der Waals surface area contributed by atoms with Crippen molar-refractivity contribution < 1.29 is 14.7 Å². The van der Waals surface area contributed by atoms with Crippen molar-refractivity contribution in [2.75, 3.05) is 6.54 Å². The van der Waals surface area contributed by atoms with Crippen LogP contribution in [0.5, 0.6) is 5.06 Å². The molecule has 84 valence electrons. The second-order valence-electron chi connectivity index (χ2n) is 3.19. The number of hydrogen-bond donors (Lipinski definition) is 1. The summed E-state index contributed by atoms with van der Waals surface area (Å²) in [5, 5.41) is 11.2. The molecule has 0 unspecified atom stereocenters. The Morgan fingerprint density at radius 2 is 2.25 bits per heavy atom. The number of nitrogens with zero attached hydrogens (tertiary/aromatic N) is 1. The molecule has 16 heavy (non-hydrogen) atoms. The maximum absolute atomic E-state index is 11.3. The number of benzene rings is 1. The number of fused-ring (bicyclic) bond motifs is 1. The van der Waals surface area contributed by atoms with E-state index in [4.69, 9.17) is 9.94 Å². The molecule has 5 heteroatoms. The minimum Gasteiger partial charge on any atom is -0.398 e. The van der Waals surface area contributed by atoms with Crippen molar-refractivity contribution in [3.8, 4) is 5.06 Å². The van der Waals surface area contributed by atoms with Crippen molar-refractivity contribution in [1.29, 1.82) is 0 Å². The lowest BCUT2D eigenvalue weighted by atomic mass is 10.3. The van der Waals surface area contributed by atoms with Crippen molar-refractivity contribution in [1.82, 2.24) is 5.06 Å². The van der Waals surface area contributed by atoms with Gasteiger partial charge in [0.1, 0.15) is 0 Å². The largest absolute Gasteiger partial charge is 0.439 e. The Hall–Kier alpha value is -1.59. The standard InChI is InChI=1S/C11H11NO3S/c1-2-12(14)11(13)15-10-7-8-5-3-4-6-9(8)16-10/h3-7,14H,2H2,1H3. The van der Waals surface area contributed by atoms with Crippen LogP contribution in [0, 0.1) is 0 Å². The quantitative estimate of drug-likeness (QED) is 0.645. The fourth-order valence-electron chi connectivity index (χ4n) is 1.28. The van der Waals surface area contributed by atoms with Crippen molar-refractivity contribution >= 4 is 27.5 Å². The SMILES string of the molecule is CCN(O)C(=O)Oc1cc2ccccc2s1. The molecule has 2 aromatic rings. The first-order valence-electron chi connectivity index (χ1n) is 4.87. The van der Waals surface area contributed by atoms with Gasteiger partial charge < -0.3 is 4.74 Å². The zero-order valence-electron chi connectivity index (χ0n) is 8.71. The molecule has 4 nitrogen and oxygen atoms in total. The normalized spacial score (nSPS) is 10.4. The van der Waals surface area contributed by atoms with Crippen molar-refractivity contribution in [2.45, 2.75) is 6.92 Å². The van der Waals surface area contributed by atoms with E-state index in [1.54, 1.807) is 13.0 Å². The van der Waals surface area contributed by atoms with Gasteiger partial charge in [-0.2, -0.15) is 5.06 Å². The molecule has 0 saturated carbocycles. The van der Waals surface area contributed by atoms with Gasteiger partial charge in [-0.25, -0.2) is 4.79 Å². The number of thiophene rings is 1. The topological polar surface area (TPSA) is 49.8 Å².